The van der Waals surface area contributed by atoms with Crippen molar-refractivity contribution >= 4 is 17.6 Å². The molecule has 9 nitrogen and oxygen atoms in total. The van der Waals surface area contributed by atoms with Gasteiger partial charge in [-0.25, -0.2) is 22.9 Å². The number of rotatable bonds is 7. The lowest BCUT2D eigenvalue weighted by Gasteiger charge is -2.10. The SMILES string of the molecule is Cc1nn(COc2ccc(F)cc2F)c(C)c1NC(=O)Cn1nccc1C(=O)O. The van der Waals surface area contributed by atoms with E-state index in [1.165, 1.54) is 23.0 Å². The van der Waals surface area contributed by atoms with Crippen LogP contribution in [0.4, 0.5) is 14.5 Å². The molecule has 0 aliphatic rings. The number of hydrogen-bond donors (Lipinski definition) is 2. The Morgan fingerprint density at radius 2 is 1.97 bits per heavy atom. The maximum Gasteiger partial charge on any atom is 0.354 e. The van der Waals surface area contributed by atoms with Crippen LogP contribution in [-0.2, 0) is 18.1 Å². The molecule has 2 aromatic heterocycles. The van der Waals surface area contributed by atoms with E-state index < -0.39 is 23.5 Å². The van der Waals surface area contributed by atoms with Gasteiger partial charge < -0.3 is 15.2 Å². The van der Waals surface area contributed by atoms with E-state index in [4.69, 9.17) is 9.84 Å². The van der Waals surface area contributed by atoms with Crippen molar-refractivity contribution in [2.45, 2.75) is 27.1 Å². The highest BCUT2D eigenvalue weighted by atomic mass is 19.1. The molecule has 1 aromatic carbocycles. The van der Waals surface area contributed by atoms with Crippen LogP contribution in [0, 0.1) is 25.5 Å². The van der Waals surface area contributed by atoms with Crippen LogP contribution in [0.15, 0.2) is 30.5 Å². The average Bonchev–Trinajstić information content (AvgIpc) is 3.21. The fourth-order valence-electron chi connectivity index (χ4n) is 2.68. The fraction of sp³-hybridized carbons (Fsp3) is 0.222. The Morgan fingerprint density at radius 3 is 2.66 bits per heavy atom. The third-order valence-electron chi connectivity index (χ3n) is 4.11. The Morgan fingerprint density at radius 1 is 1.21 bits per heavy atom. The van der Waals surface area contributed by atoms with E-state index in [1.807, 2.05) is 0 Å². The van der Waals surface area contributed by atoms with Crippen LogP contribution in [0.25, 0.3) is 0 Å². The van der Waals surface area contributed by atoms with E-state index in [0.717, 1.165) is 10.7 Å². The maximum absolute atomic E-state index is 13.7. The number of carbonyl (C=O) groups is 2. The number of hydrogen-bond acceptors (Lipinski definition) is 5. The Bertz CT molecular complexity index is 1080. The van der Waals surface area contributed by atoms with Gasteiger partial charge in [-0.05, 0) is 32.0 Å². The summed E-state index contributed by atoms with van der Waals surface area (Å²) < 4.78 is 34.4. The van der Waals surface area contributed by atoms with Crippen LogP contribution in [0.2, 0.25) is 0 Å². The normalized spacial score (nSPS) is 10.8. The first-order valence-electron chi connectivity index (χ1n) is 8.43. The molecule has 0 aliphatic carbocycles. The minimum atomic E-state index is -1.19. The second-order valence-electron chi connectivity index (χ2n) is 6.12. The third kappa shape index (κ3) is 4.39. The minimum Gasteiger partial charge on any atom is -0.477 e. The summed E-state index contributed by atoms with van der Waals surface area (Å²) in [6.07, 6.45) is 1.29. The fourth-order valence-corrected chi connectivity index (χ4v) is 2.68. The summed E-state index contributed by atoms with van der Waals surface area (Å²) in [5.41, 5.74) is 1.33. The summed E-state index contributed by atoms with van der Waals surface area (Å²) in [6, 6.07) is 4.24. The Balaban J connectivity index is 1.69. The molecule has 2 N–H and O–H groups in total. The number of aromatic nitrogens is 4. The zero-order chi connectivity index (χ0) is 21.1. The highest BCUT2D eigenvalue weighted by Gasteiger charge is 2.17. The molecular formula is C18H17F2N5O4. The smallest absolute Gasteiger partial charge is 0.354 e. The molecule has 2 heterocycles. The topological polar surface area (TPSA) is 111 Å². The van der Waals surface area contributed by atoms with Crippen molar-refractivity contribution in [2.75, 3.05) is 5.32 Å². The van der Waals surface area contributed by atoms with Crippen molar-refractivity contribution in [3.8, 4) is 5.75 Å². The van der Waals surface area contributed by atoms with Gasteiger partial charge in [-0.1, -0.05) is 0 Å². The van der Waals surface area contributed by atoms with E-state index in [9.17, 15) is 18.4 Å². The molecule has 0 saturated carbocycles. The molecule has 0 aliphatic heterocycles. The zero-order valence-corrected chi connectivity index (χ0v) is 15.5. The first-order valence-corrected chi connectivity index (χ1v) is 8.43. The number of anilines is 1. The summed E-state index contributed by atoms with van der Waals surface area (Å²) in [5.74, 6) is -3.37. The molecule has 11 heteroatoms. The Labute approximate surface area is 163 Å². The number of carbonyl (C=O) groups excluding carboxylic acids is 1. The molecule has 0 saturated heterocycles. The predicted octanol–water partition coefficient (Wildman–Crippen LogP) is 2.35. The summed E-state index contributed by atoms with van der Waals surface area (Å²) in [4.78, 5) is 23.4. The van der Waals surface area contributed by atoms with E-state index in [2.05, 4.69) is 15.5 Å². The standard InChI is InChI=1S/C18H17F2N5O4/c1-10-17(22-16(26)8-24-14(18(27)28)5-6-21-24)11(2)25(23-10)9-29-15-4-3-12(19)7-13(15)20/h3-7H,8-9H2,1-2H3,(H,22,26)(H,27,28). The molecule has 0 unspecified atom stereocenters. The van der Waals surface area contributed by atoms with Gasteiger partial charge in [0.1, 0.15) is 18.1 Å². The van der Waals surface area contributed by atoms with E-state index >= 15 is 0 Å². The molecule has 152 valence electrons. The average molecular weight is 405 g/mol. The number of carboxylic acid groups (broad SMARTS) is 1. The van der Waals surface area contributed by atoms with E-state index in [1.54, 1.807) is 13.8 Å². The van der Waals surface area contributed by atoms with Gasteiger partial charge in [-0.2, -0.15) is 10.2 Å². The lowest BCUT2D eigenvalue weighted by molar-refractivity contribution is -0.116. The molecule has 0 fully saturated rings. The summed E-state index contributed by atoms with van der Waals surface area (Å²) in [6.45, 7) is 2.88. The number of aromatic carboxylic acids is 1. The summed E-state index contributed by atoms with van der Waals surface area (Å²) >= 11 is 0. The number of carboxylic acids is 1. The van der Waals surface area contributed by atoms with Crippen molar-refractivity contribution in [3.63, 3.8) is 0 Å². The first kappa shape index (κ1) is 20.0. The lowest BCUT2D eigenvalue weighted by Crippen LogP contribution is -2.22. The first-order chi connectivity index (χ1) is 13.8. The van der Waals surface area contributed by atoms with Gasteiger partial charge in [-0.15, -0.1) is 0 Å². The number of nitrogens with zero attached hydrogens (tertiary/aromatic N) is 4. The third-order valence-corrected chi connectivity index (χ3v) is 4.11. The number of benzene rings is 1. The molecule has 0 atom stereocenters. The van der Waals surface area contributed by atoms with Crippen molar-refractivity contribution in [3.05, 3.63) is 59.2 Å². The second kappa shape index (κ2) is 8.09. The maximum atomic E-state index is 13.7. The summed E-state index contributed by atoms with van der Waals surface area (Å²) in [7, 11) is 0. The van der Waals surface area contributed by atoms with Crippen molar-refractivity contribution in [1.82, 2.24) is 19.6 Å². The molecule has 0 bridgehead atoms. The number of aryl methyl sites for hydroxylation is 1. The quantitative estimate of drug-likeness (QED) is 0.624. The van der Waals surface area contributed by atoms with Crippen LogP contribution in [0.1, 0.15) is 21.9 Å². The minimum absolute atomic E-state index is 0.112. The molecule has 3 aromatic rings. The van der Waals surface area contributed by atoms with Gasteiger partial charge in [0.15, 0.2) is 18.3 Å². The monoisotopic (exact) mass is 405 g/mol. The van der Waals surface area contributed by atoms with Gasteiger partial charge in [0, 0.05) is 12.3 Å². The van der Waals surface area contributed by atoms with Crippen molar-refractivity contribution in [1.29, 1.82) is 0 Å². The van der Waals surface area contributed by atoms with E-state index in [0.29, 0.717) is 23.1 Å². The second-order valence-corrected chi connectivity index (χ2v) is 6.12. The molecule has 0 spiro atoms. The largest absolute Gasteiger partial charge is 0.477 e. The molecular weight excluding hydrogens is 388 g/mol. The van der Waals surface area contributed by atoms with Gasteiger partial charge >= 0.3 is 5.97 Å². The highest BCUT2D eigenvalue weighted by molar-refractivity contribution is 5.92. The molecule has 3 rings (SSSR count). The van der Waals surface area contributed by atoms with Gasteiger partial charge in [0.25, 0.3) is 0 Å². The van der Waals surface area contributed by atoms with E-state index in [-0.39, 0.29) is 24.7 Å². The van der Waals surface area contributed by atoms with Crippen LogP contribution in [0.3, 0.4) is 0 Å². The summed E-state index contributed by atoms with van der Waals surface area (Å²) in [5, 5.41) is 19.8. The molecule has 1 amide bonds. The number of ether oxygens (including phenoxy) is 1. The predicted molar refractivity (Wildman–Crippen MR) is 96.5 cm³/mol. The zero-order valence-electron chi connectivity index (χ0n) is 15.5. The van der Waals surface area contributed by atoms with Gasteiger partial charge in [0.2, 0.25) is 5.91 Å². The van der Waals surface area contributed by atoms with Crippen LogP contribution >= 0.6 is 0 Å². The van der Waals surface area contributed by atoms with Crippen molar-refractivity contribution in [2.24, 2.45) is 0 Å². The highest BCUT2D eigenvalue weighted by Crippen LogP contribution is 2.22. The van der Waals surface area contributed by atoms with Crippen molar-refractivity contribution < 1.29 is 28.2 Å². The molecule has 0 radical (unpaired) electrons. The molecule has 29 heavy (non-hydrogen) atoms. The number of nitrogens with one attached hydrogen (secondary N) is 1. The number of amides is 1. The van der Waals surface area contributed by atoms with Gasteiger partial charge in [0.05, 0.1) is 17.1 Å². The Hall–Kier alpha value is -3.76. The Kier molecular flexibility index (Phi) is 5.57. The van der Waals surface area contributed by atoms with Crippen LogP contribution in [0.5, 0.6) is 5.75 Å². The van der Waals surface area contributed by atoms with Crippen LogP contribution in [-0.4, -0.2) is 36.5 Å². The lowest BCUT2D eigenvalue weighted by atomic mass is 10.3. The van der Waals surface area contributed by atoms with Crippen LogP contribution < -0.4 is 10.1 Å². The van der Waals surface area contributed by atoms with Gasteiger partial charge in [-0.3, -0.25) is 4.79 Å². The number of halogens is 2.